The number of likely N-dealkylation sites (tertiary alicyclic amines) is 1. The number of hydrogen-bond acceptors (Lipinski definition) is 2. The second kappa shape index (κ2) is 11.7. The molecule has 4 nitrogen and oxygen atoms in total. The van der Waals surface area contributed by atoms with E-state index in [0.29, 0.717) is 0 Å². The largest absolute Gasteiger partial charge is 0.356 e. The topological polar surface area (TPSA) is 30.9 Å². The van der Waals surface area contributed by atoms with Crippen LogP contribution >= 0.6 is 24.0 Å². The van der Waals surface area contributed by atoms with Crippen molar-refractivity contribution in [3.05, 3.63) is 35.4 Å². The quantitative estimate of drug-likeness (QED) is 0.400. The summed E-state index contributed by atoms with van der Waals surface area (Å²) >= 11 is 0. The van der Waals surface area contributed by atoms with E-state index in [1.54, 1.807) is 0 Å². The van der Waals surface area contributed by atoms with Gasteiger partial charge >= 0.3 is 0 Å². The zero-order valence-electron chi connectivity index (χ0n) is 16.3. The average Bonchev–Trinajstić information content (AvgIpc) is 2.59. The van der Waals surface area contributed by atoms with Crippen LogP contribution in [0.15, 0.2) is 29.3 Å². The smallest absolute Gasteiger partial charge is 0.193 e. The molecule has 1 heterocycles. The normalized spacial score (nSPS) is 16.4. The third-order valence-corrected chi connectivity index (χ3v) is 4.91. The summed E-state index contributed by atoms with van der Waals surface area (Å²) in [5.74, 6) is 1.76. The predicted molar refractivity (Wildman–Crippen MR) is 119 cm³/mol. The fourth-order valence-electron chi connectivity index (χ4n) is 3.39. The van der Waals surface area contributed by atoms with Crippen LogP contribution in [0, 0.1) is 12.8 Å². The number of aryl methyl sites for hydroxylation is 1. The van der Waals surface area contributed by atoms with Gasteiger partial charge < -0.3 is 15.1 Å². The Morgan fingerprint density at radius 3 is 2.44 bits per heavy atom. The van der Waals surface area contributed by atoms with Gasteiger partial charge in [-0.2, -0.15) is 0 Å². The van der Waals surface area contributed by atoms with Crippen molar-refractivity contribution < 1.29 is 0 Å². The highest BCUT2D eigenvalue weighted by molar-refractivity contribution is 14.0. The third-order valence-electron chi connectivity index (χ3n) is 4.91. The minimum Gasteiger partial charge on any atom is -0.356 e. The van der Waals surface area contributed by atoms with Gasteiger partial charge in [0, 0.05) is 27.2 Å². The highest BCUT2D eigenvalue weighted by Gasteiger charge is 2.19. The molecule has 0 aliphatic carbocycles. The summed E-state index contributed by atoms with van der Waals surface area (Å²) in [5, 5.41) is 3.57. The molecule has 0 radical (unpaired) electrons. The molecule has 1 aliphatic rings. The lowest BCUT2D eigenvalue weighted by molar-refractivity contribution is 0.185. The second-order valence-corrected chi connectivity index (χ2v) is 7.05. The van der Waals surface area contributed by atoms with Crippen LogP contribution in [-0.4, -0.2) is 56.0 Å². The van der Waals surface area contributed by atoms with Crippen LogP contribution in [0.25, 0.3) is 0 Å². The summed E-state index contributed by atoms with van der Waals surface area (Å²) in [6.45, 7) is 10.1. The van der Waals surface area contributed by atoms with Crippen molar-refractivity contribution in [3.8, 4) is 0 Å². The molecule has 0 aromatic heterocycles. The zero-order valence-corrected chi connectivity index (χ0v) is 18.6. The molecule has 0 unspecified atom stereocenters. The molecule has 0 amide bonds. The molecule has 0 bridgehead atoms. The van der Waals surface area contributed by atoms with Crippen molar-refractivity contribution in [2.45, 2.75) is 39.7 Å². The second-order valence-electron chi connectivity index (χ2n) is 7.05. The number of benzene rings is 1. The molecule has 1 saturated heterocycles. The number of guanidine groups is 1. The number of rotatable bonds is 6. The molecule has 1 aliphatic heterocycles. The number of aliphatic imine (C=N–C) groups is 1. The molecule has 142 valence electrons. The van der Waals surface area contributed by atoms with Crippen molar-refractivity contribution in [2.75, 3.05) is 40.3 Å². The van der Waals surface area contributed by atoms with E-state index in [9.17, 15) is 0 Å². The molecule has 1 aromatic carbocycles. The molecule has 1 aromatic rings. The monoisotopic (exact) mass is 458 g/mol. The van der Waals surface area contributed by atoms with Crippen molar-refractivity contribution >= 4 is 29.9 Å². The SMILES string of the molecule is CCCN1CCC(CNC(=NC)N(C)Cc2ccc(C)cc2)CC1.I. The van der Waals surface area contributed by atoms with E-state index in [4.69, 9.17) is 0 Å². The van der Waals surface area contributed by atoms with Gasteiger partial charge in [0.2, 0.25) is 0 Å². The molecular formula is C20H35IN4. The minimum atomic E-state index is 0. The summed E-state index contributed by atoms with van der Waals surface area (Å²) in [5.41, 5.74) is 2.62. The van der Waals surface area contributed by atoms with Crippen LogP contribution in [0.3, 0.4) is 0 Å². The summed E-state index contributed by atoms with van der Waals surface area (Å²) in [4.78, 5) is 9.25. The van der Waals surface area contributed by atoms with Gasteiger partial charge in [-0.25, -0.2) is 0 Å². The van der Waals surface area contributed by atoms with Crippen LogP contribution < -0.4 is 5.32 Å². The minimum absolute atomic E-state index is 0. The van der Waals surface area contributed by atoms with Crippen molar-refractivity contribution in [1.29, 1.82) is 0 Å². The van der Waals surface area contributed by atoms with E-state index < -0.39 is 0 Å². The van der Waals surface area contributed by atoms with E-state index in [0.717, 1.165) is 25.0 Å². The van der Waals surface area contributed by atoms with E-state index in [1.807, 2.05) is 7.05 Å². The lowest BCUT2D eigenvalue weighted by Gasteiger charge is -2.32. The lowest BCUT2D eigenvalue weighted by Crippen LogP contribution is -2.43. The van der Waals surface area contributed by atoms with Crippen LogP contribution in [0.1, 0.15) is 37.3 Å². The maximum atomic E-state index is 4.45. The Bertz CT molecular complexity index is 507. The lowest BCUT2D eigenvalue weighted by atomic mass is 9.97. The predicted octanol–water partition coefficient (Wildman–Crippen LogP) is 3.74. The van der Waals surface area contributed by atoms with E-state index in [2.05, 4.69) is 65.3 Å². The van der Waals surface area contributed by atoms with E-state index in [1.165, 1.54) is 50.0 Å². The fourth-order valence-corrected chi connectivity index (χ4v) is 3.39. The van der Waals surface area contributed by atoms with Gasteiger partial charge in [-0.05, 0) is 57.3 Å². The van der Waals surface area contributed by atoms with Crippen molar-refractivity contribution in [1.82, 2.24) is 15.1 Å². The molecule has 0 atom stereocenters. The highest BCUT2D eigenvalue weighted by atomic mass is 127. The van der Waals surface area contributed by atoms with Gasteiger partial charge in [0.15, 0.2) is 5.96 Å². The van der Waals surface area contributed by atoms with Gasteiger partial charge in [0.1, 0.15) is 0 Å². The van der Waals surface area contributed by atoms with E-state index >= 15 is 0 Å². The van der Waals surface area contributed by atoms with Gasteiger partial charge in [-0.1, -0.05) is 36.8 Å². The maximum absolute atomic E-state index is 4.45. The van der Waals surface area contributed by atoms with Crippen LogP contribution in [0.4, 0.5) is 0 Å². The van der Waals surface area contributed by atoms with Crippen LogP contribution in [0.2, 0.25) is 0 Å². The zero-order chi connectivity index (χ0) is 17.4. The molecule has 5 heteroatoms. The van der Waals surface area contributed by atoms with Crippen LogP contribution in [-0.2, 0) is 6.54 Å². The average molecular weight is 458 g/mol. The van der Waals surface area contributed by atoms with E-state index in [-0.39, 0.29) is 24.0 Å². The standard InChI is InChI=1S/C20H34N4.HI/c1-5-12-24-13-10-18(11-14-24)15-22-20(21-3)23(4)16-19-8-6-17(2)7-9-19;/h6-9,18H,5,10-16H2,1-4H3,(H,21,22);1H. The summed E-state index contributed by atoms with van der Waals surface area (Å²) in [6, 6.07) is 8.73. The first-order chi connectivity index (χ1) is 11.6. The van der Waals surface area contributed by atoms with Gasteiger partial charge in [-0.15, -0.1) is 24.0 Å². The van der Waals surface area contributed by atoms with Crippen LogP contribution in [0.5, 0.6) is 0 Å². The Morgan fingerprint density at radius 1 is 1.24 bits per heavy atom. The Kier molecular flexibility index (Phi) is 10.4. The first-order valence-electron chi connectivity index (χ1n) is 9.32. The molecule has 2 rings (SSSR count). The number of hydrogen-bond donors (Lipinski definition) is 1. The summed E-state index contributed by atoms with van der Waals surface area (Å²) < 4.78 is 0. The molecule has 1 N–H and O–H groups in total. The third kappa shape index (κ3) is 7.52. The van der Waals surface area contributed by atoms with Gasteiger partial charge in [-0.3, -0.25) is 4.99 Å². The van der Waals surface area contributed by atoms with Crippen molar-refractivity contribution in [3.63, 3.8) is 0 Å². The van der Waals surface area contributed by atoms with Gasteiger partial charge in [0.05, 0.1) is 0 Å². The Hall–Kier alpha value is -0.820. The van der Waals surface area contributed by atoms with Gasteiger partial charge in [0.25, 0.3) is 0 Å². The molecule has 0 spiro atoms. The molecule has 1 fully saturated rings. The number of piperidine rings is 1. The molecular weight excluding hydrogens is 423 g/mol. The fraction of sp³-hybridized carbons (Fsp3) is 0.650. The Balaban J connectivity index is 0.00000312. The first kappa shape index (κ1) is 22.2. The summed E-state index contributed by atoms with van der Waals surface area (Å²) in [7, 11) is 3.98. The highest BCUT2D eigenvalue weighted by Crippen LogP contribution is 2.16. The first-order valence-corrected chi connectivity index (χ1v) is 9.32. The number of nitrogens with zero attached hydrogens (tertiary/aromatic N) is 3. The maximum Gasteiger partial charge on any atom is 0.193 e. The Morgan fingerprint density at radius 2 is 1.88 bits per heavy atom. The summed E-state index contributed by atoms with van der Waals surface area (Å²) in [6.07, 6.45) is 3.86. The Labute approximate surface area is 171 Å². The van der Waals surface area contributed by atoms with Crippen molar-refractivity contribution in [2.24, 2.45) is 10.9 Å². The molecule has 0 saturated carbocycles. The number of halogens is 1. The number of nitrogens with one attached hydrogen (secondary N) is 1. The molecule has 25 heavy (non-hydrogen) atoms.